The Morgan fingerprint density at radius 3 is 1.52 bits per heavy atom. The van der Waals surface area contributed by atoms with Crippen LogP contribution in [0.2, 0.25) is 5.02 Å². The maximum absolute atomic E-state index is 6.52. The summed E-state index contributed by atoms with van der Waals surface area (Å²) in [6, 6.07) is 60.8. The second-order valence-corrected chi connectivity index (χ2v) is 12.1. The summed E-state index contributed by atoms with van der Waals surface area (Å²) in [5, 5.41) is 0.537. The highest BCUT2D eigenvalue weighted by Gasteiger charge is 2.15. The van der Waals surface area contributed by atoms with Gasteiger partial charge in [0.25, 0.3) is 0 Å². The highest BCUT2D eigenvalue weighted by atomic mass is 79.9. The van der Waals surface area contributed by atoms with Crippen molar-refractivity contribution < 1.29 is 4.74 Å². The molecule has 0 atom stereocenters. The molecule has 222 valence electrons. The first kappa shape index (κ1) is 29.6. The zero-order chi connectivity index (χ0) is 31.3. The van der Waals surface area contributed by atoms with Gasteiger partial charge in [0.2, 0.25) is 0 Å². The van der Waals surface area contributed by atoms with Gasteiger partial charge >= 0.3 is 0 Å². The standard InChI is InChI=1S/C42H29BrClNO/c43-40-24-11-25-41(42(40)44)46-39-23-10-22-38(29-39)45(36-19-5-2-6-20-36)37-21-9-18-35(28-37)34-17-8-16-33(27-34)32-15-7-14-31(26-32)30-12-3-1-4-13-30/h1-29H. The molecule has 0 aromatic heterocycles. The molecule has 46 heavy (non-hydrogen) atoms. The molecular weight excluding hydrogens is 650 g/mol. The van der Waals surface area contributed by atoms with Gasteiger partial charge in [0.15, 0.2) is 0 Å². The largest absolute Gasteiger partial charge is 0.456 e. The Balaban J connectivity index is 1.25. The van der Waals surface area contributed by atoms with Crippen LogP contribution >= 0.6 is 27.5 Å². The summed E-state index contributed by atoms with van der Waals surface area (Å²) < 4.78 is 7.04. The van der Waals surface area contributed by atoms with Gasteiger partial charge < -0.3 is 9.64 Å². The van der Waals surface area contributed by atoms with E-state index in [0.717, 1.165) is 32.7 Å². The summed E-state index contributed by atoms with van der Waals surface area (Å²) in [5.41, 5.74) is 10.1. The first-order chi connectivity index (χ1) is 22.6. The normalized spacial score (nSPS) is 10.8. The van der Waals surface area contributed by atoms with Crippen LogP contribution in [-0.4, -0.2) is 0 Å². The molecule has 0 N–H and O–H groups in total. The van der Waals surface area contributed by atoms with Gasteiger partial charge in [-0.25, -0.2) is 0 Å². The summed E-state index contributed by atoms with van der Waals surface area (Å²) in [5.74, 6) is 1.29. The molecule has 0 spiro atoms. The van der Waals surface area contributed by atoms with E-state index < -0.39 is 0 Å². The van der Waals surface area contributed by atoms with Crippen molar-refractivity contribution >= 4 is 44.6 Å². The number of para-hydroxylation sites is 1. The smallest absolute Gasteiger partial charge is 0.147 e. The quantitative estimate of drug-likeness (QED) is 0.159. The Morgan fingerprint density at radius 2 is 0.870 bits per heavy atom. The molecule has 0 unspecified atom stereocenters. The minimum Gasteiger partial charge on any atom is -0.456 e. The van der Waals surface area contributed by atoms with Crippen molar-refractivity contribution in [3.05, 3.63) is 185 Å². The SMILES string of the molecule is Clc1c(Br)cccc1Oc1cccc(N(c2ccccc2)c2cccc(-c3cccc(-c4cccc(-c5ccccc5)c4)c3)c2)c1. The zero-order valence-electron chi connectivity index (χ0n) is 24.9. The van der Waals surface area contributed by atoms with Crippen LogP contribution in [0, 0.1) is 0 Å². The van der Waals surface area contributed by atoms with Crippen LogP contribution in [0.5, 0.6) is 11.5 Å². The van der Waals surface area contributed by atoms with Crippen molar-refractivity contribution in [3.63, 3.8) is 0 Å². The predicted molar refractivity (Wildman–Crippen MR) is 197 cm³/mol. The Bertz CT molecular complexity index is 2110. The van der Waals surface area contributed by atoms with Gasteiger partial charge in [0, 0.05) is 27.6 Å². The van der Waals surface area contributed by atoms with Crippen LogP contribution < -0.4 is 9.64 Å². The molecule has 7 aromatic rings. The van der Waals surface area contributed by atoms with Gasteiger partial charge in [0.05, 0.1) is 5.02 Å². The monoisotopic (exact) mass is 677 g/mol. The van der Waals surface area contributed by atoms with E-state index in [4.69, 9.17) is 16.3 Å². The third-order valence-electron chi connectivity index (χ3n) is 7.84. The molecule has 0 heterocycles. The lowest BCUT2D eigenvalue weighted by molar-refractivity contribution is 0.483. The Labute approximate surface area is 283 Å². The number of ether oxygens (including phenoxy) is 1. The van der Waals surface area contributed by atoms with Crippen molar-refractivity contribution in [2.75, 3.05) is 4.90 Å². The van der Waals surface area contributed by atoms with Gasteiger partial charge in [-0.2, -0.15) is 0 Å². The van der Waals surface area contributed by atoms with Crippen molar-refractivity contribution in [3.8, 4) is 44.9 Å². The first-order valence-corrected chi connectivity index (χ1v) is 16.2. The number of halogens is 2. The molecule has 7 aromatic carbocycles. The summed E-state index contributed by atoms with van der Waals surface area (Å²) in [6.45, 7) is 0. The number of nitrogens with zero attached hydrogens (tertiary/aromatic N) is 1. The van der Waals surface area contributed by atoms with Crippen molar-refractivity contribution in [2.24, 2.45) is 0 Å². The number of rotatable bonds is 8. The highest BCUT2D eigenvalue weighted by Crippen LogP contribution is 2.40. The van der Waals surface area contributed by atoms with E-state index in [1.165, 1.54) is 22.3 Å². The van der Waals surface area contributed by atoms with Crippen molar-refractivity contribution in [1.82, 2.24) is 0 Å². The Morgan fingerprint density at radius 1 is 0.413 bits per heavy atom. The molecule has 0 aliphatic carbocycles. The van der Waals surface area contributed by atoms with E-state index in [1.54, 1.807) is 0 Å². The lowest BCUT2D eigenvalue weighted by Gasteiger charge is -2.26. The molecule has 0 amide bonds. The molecule has 4 heteroatoms. The van der Waals surface area contributed by atoms with Crippen LogP contribution in [-0.2, 0) is 0 Å². The van der Waals surface area contributed by atoms with Gasteiger partial charge in [-0.3, -0.25) is 0 Å². The maximum atomic E-state index is 6.52. The van der Waals surface area contributed by atoms with E-state index in [0.29, 0.717) is 16.5 Å². The highest BCUT2D eigenvalue weighted by molar-refractivity contribution is 9.10. The summed E-state index contributed by atoms with van der Waals surface area (Å²) >= 11 is 10.0. The molecule has 0 radical (unpaired) electrons. The van der Waals surface area contributed by atoms with Crippen LogP contribution in [0.25, 0.3) is 33.4 Å². The maximum Gasteiger partial charge on any atom is 0.147 e. The minimum atomic E-state index is 0.537. The number of anilines is 3. The molecule has 0 bridgehead atoms. The van der Waals surface area contributed by atoms with E-state index in [-0.39, 0.29) is 0 Å². The minimum absolute atomic E-state index is 0.537. The Kier molecular flexibility index (Phi) is 8.69. The van der Waals surface area contributed by atoms with Crippen molar-refractivity contribution in [2.45, 2.75) is 0 Å². The lowest BCUT2D eigenvalue weighted by atomic mass is 9.96. The van der Waals surface area contributed by atoms with Crippen LogP contribution in [0.4, 0.5) is 17.1 Å². The molecular formula is C42H29BrClNO. The number of hydrogen-bond donors (Lipinski definition) is 0. The first-order valence-electron chi connectivity index (χ1n) is 15.1. The third-order valence-corrected chi connectivity index (χ3v) is 9.12. The van der Waals surface area contributed by atoms with E-state index in [2.05, 4.69) is 148 Å². The molecule has 0 aliphatic heterocycles. The number of benzene rings is 7. The van der Waals surface area contributed by atoms with Gasteiger partial charge in [0.1, 0.15) is 11.5 Å². The average Bonchev–Trinajstić information content (AvgIpc) is 3.12. The fraction of sp³-hybridized carbons (Fsp3) is 0. The van der Waals surface area contributed by atoms with E-state index in [9.17, 15) is 0 Å². The molecule has 7 rings (SSSR count). The van der Waals surface area contributed by atoms with Crippen LogP contribution in [0.3, 0.4) is 0 Å². The van der Waals surface area contributed by atoms with Gasteiger partial charge in [-0.15, -0.1) is 0 Å². The second kappa shape index (κ2) is 13.5. The van der Waals surface area contributed by atoms with Crippen LogP contribution in [0.1, 0.15) is 0 Å². The average molecular weight is 679 g/mol. The molecule has 2 nitrogen and oxygen atoms in total. The second-order valence-electron chi connectivity index (χ2n) is 10.9. The topological polar surface area (TPSA) is 12.5 Å². The molecule has 0 aliphatic rings. The van der Waals surface area contributed by atoms with Crippen LogP contribution in [0.15, 0.2) is 180 Å². The summed E-state index contributed by atoms with van der Waals surface area (Å²) in [6.07, 6.45) is 0. The molecule has 0 fully saturated rings. The third kappa shape index (κ3) is 6.48. The van der Waals surface area contributed by atoms with Crippen molar-refractivity contribution in [1.29, 1.82) is 0 Å². The van der Waals surface area contributed by atoms with Gasteiger partial charge in [-0.05, 0) is 110 Å². The Hall–Kier alpha value is -5.09. The fourth-order valence-corrected chi connectivity index (χ4v) is 6.12. The summed E-state index contributed by atoms with van der Waals surface area (Å²) in [7, 11) is 0. The molecule has 0 saturated carbocycles. The zero-order valence-corrected chi connectivity index (χ0v) is 27.2. The lowest BCUT2D eigenvalue weighted by Crippen LogP contribution is -2.10. The predicted octanol–water partition coefficient (Wildman–Crippen LogP) is 13.4. The summed E-state index contributed by atoms with van der Waals surface area (Å²) in [4.78, 5) is 2.24. The fourth-order valence-electron chi connectivity index (χ4n) is 5.61. The van der Waals surface area contributed by atoms with Gasteiger partial charge in [-0.1, -0.05) is 121 Å². The number of hydrogen-bond acceptors (Lipinski definition) is 2. The van der Waals surface area contributed by atoms with E-state index >= 15 is 0 Å². The van der Waals surface area contributed by atoms with E-state index in [1.807, 2.05) is 48.5 Å². The molecule has 0 saturated heterocycles.